The molecule has 0 bridgehead atoms. The summed E-state index contributed by atoms with van der Waals surface area (Å²) in [5.74, 6) is 1.78. The summed E-state index contributed by atoms with van der Waals surface area (Å²) >= 11 is 0. The molecule has 2 heteroatoms. The van der Waals surface area contributed by atoms with Gasteiger partial charge in [-0.3, -0.25) is 4.98 Å². The molecule has 0 spiro atoms. The predicted octanol–water partition coefficient (Wildman–Crippen LogP) is 4.34. The van der Waals surface area contributed by atoms with Gasteiger partial charge < -0.3 is 5.32 Å². The van der Waals surface area contributed by atoms with Gasteiger partial charge in [0, 0.05) is 18.4 Å². The molecule has 1 aromatic heterocycles. The van der Waals surface area contributed by atoms with E-state index in [0.29, 0.717) is 6.04 Å². The molecule has 1 N–H and O–H groups in total. The van der Waals surface area contributed by atoms with Crippen LogP contribution in [0.4, 0.5) is 0 Å². The van der Waals surface area contributed by atoms with Crippen LogP contribution < -0.4 is 5.32 Å². The molecule has 0 aliphatic heterocycles. The molecular weight excluding hydrogens is 232 g/mol. The van der Waals surface area contributed by atoms with Crippen LogP contribution in [0, 0.1) is 11.8 Å². The molecule has 1 atom stereocenters. The third-order valence-electron chi connectivity index (χ3n) is 4.62. The maximum Gasteiger partial charge on any atom is 0.0349 e. The second kappa shape index (κ2) is 7.64. The molecule has 19 heavy (non-hydrogen) atoms. The number of hydrogen-bond acceptors (Lipinski definition) is 2. The fraction of sp³-hybridized carbons (Fsp3) is 0.706. The van der Waals surface area contributed by atoms with E-state index in [2.05, 4.69) is 36.3 Å². The molecule has 1 unspecified atom stereocenters. The van der Waals surface area contributed by atoms with Crippen LogP contribution in [0.15, 0.2) is 24.5 Å². The summed E-state index contributed by atoms with van der Waals surface area (Å²) in [6.45, 7) is 5.69. The van der Waals surface area contributed by atoms with Gasteiger partial charge in [0.05, 0.1) is 0 Å². The zero-order valence-corrected chi connectivity index (χ0v) is 12.4. The Kier molecular flexibility index (Phi) is 5.84. The van der Waals surface area contributed by atoms with Crippen molar-refractivity contribution in [2.75, 3.05) is 6.54 Å². The Morgan fingerprint density at radius 3 is 2.42 bits per heavy atom. The minimum Gasteiger partial charge on any atom is -0.310 e. The second-order valence-electron chi connectivity index (χ2n) is 5.90. The summed E-state index contributed by atoms with van der Waals surface area (Å²) in [7, 11) is 0. The van der Waals surface area contributed by atoms with Crippen molar-refractivity contribution in [3.8, 4) is 0 Å². The van der Waals surface area contributed by atoms with Crippen molar-refractivity contribution < 1.29 is 0 Å². The molecule has 1 aromatic rings. The third kappa shape index (κ3) is 4.04. The molecule has 0 radical (unpaired) electrons. The number of hydrogen-bond donors (Lipinski definition) is 1. The highest BCUT2D eigenvalue weighted by molar-refractivity contribution is 5.16. The standard InChI is InChI=1S/C17H28N2/c1-3-11-19-17(16-9-12-18-13-10-16)15-7-5-14(4-2)6-8-15/h9-10,12-15,17,19H,3-8,11H2,1-2H3. The molecule has 0 amide bonds. The van der Waals surface area contributed by atoms with E-state index in [1.165, 1.54) is 44.1 Å². The molecule has 0 aromatic carbocycles. The number of nitrogens with zero attached hydrogens (tertiary/aromatic N) is 1. The SMILES string of the molecule is CCCNC(c1ccncc1)C1CCC(CC)CC1. The van der Waals surface area contributed by atoms with Crippen LogP contribution in [-0.2, 0) is 0 Å². The molecular formula is C17H28N2. The maximum absolute atomic E-state index is 4.15. The molecule has 0 saturated heterocycles. The van der Waals surface area contributed by atoms with Crippen LogP contribution in [0.2, 0.25) is 0 Å². The Morgan fingerprint density at radius 2 is 1.84 bits per heavy atom. The third-order valence-corrected chi connectivity index (χ3v) is 4.62. The monoisotopic (exact) mass is 260 g/mol. The molecule has 1 saturated carbocycles. The average molecular weight is 260 g/mol. The normalized spacial score (nSPS) is 25.2. The highest BCUT2D eigenvalue weighted by Gasteiger charge is 2.27. The van der Waals surface area contributed by atoms with E-state index < -0.39 is 0 Å². The summed E-state index contributed by atoms with van der Waals surface area (Å²) in [6.07, 6.45) is 12.0. The Hall–Kier alpha value is -0.890. The van der Waals surface area contributed by atoms with Gasteiger partial charge >= 0.3 is 0 Å². The van der Waals surface area contributed by atoms with Gasteiger partial charge in [-0.15, -0.1) is 0 Å². The van der Waals surface area contributed by atoms with Crippen LogP contribution in [0.5, 0.6) is 0 Å². The highest BCUT2D eigenvalue weighted by Crippen LogP contribution is 2.37. The van der Waals surface area contributed by atoms with Crippen LogP contribution in [0.1, 0.15) is 64.0 Å². The molecule has 2 nitrogen and oxygen atoms in total. The van der Waals surface area contributed by atoms with E-state index in [1.807, 2.05) is 12.4 Å². The largest absolute Gasteiger partial charge is 0.310 e. The van der Waals surface area contributed by atoms with E-state index in [-0.39, 0.29) is 0 Å². The van der Waals surface area contributed by atoms with Crippen LogP contribution in [0.25, 0.3) is 0 Å². The Bertz CT molecular complexity index is 342. The van der Waals surface area contributed by atoms with Crippen molar-refractivity contribution in [3.63, 3.8) is 0 Å². The first-order chi connectivity index (χ1) is 9.35. The van der Waals surface area contributed by atoms with Crippen molar-refractivity contribution in [3.05, 3.63) is 30.1 Å². The van der Waals surface area contributed by atoms with Gasteiger partial charge in [0.25, 0.3) is 0 Å². The van der Waals surface area contributed by atoms with Crippen LogP contribution in [-0.4, -0.2) is 11.5 Å². The molecule has 1 fully saturated rings. The number of aromatic nitrogens is 1. The van der Waals surface area contributed by atoms with E-state index in [0.717, 1.165) is 18.4 Å². The predicted molar refractivity (Wildman–Crippen MR) is 81.0 cm³/mol. The molecule has 1 aliphatic carbocycles. The van der Waals surface area contributed by atoms with E-state index in [9.17, 15) is 0 Å². The quantitative estimate of drug-likeness (QED) is 0.823. The Balaban J connectivity index is 2.02. The zero-order valence-electron chi connectivity index (χ0n) is 12.4. The van der Waals surface area contributed by atoms with Crippen molar-refractivity contribution in [2.24, 2.45) is 11.8 Å². The second-order valence-corrected chi connectivity index (χ2v) is 5.90. The summed E-state index contributed by atoms with van der Waals surface area (Å²) in [6, 6.07) is 4.89. The smallest absolute Gasteiger partial charge is 0.0349 e. The lowest BCUT2D eigenvalue weighted by atomic mass is 9.76. The topological polar surface area (TPSA) is 24.9 Å². The molecule has 2 rings (SSSR count). The van der Waals surface area contributed by atoms with Crippen molar-refractivity contribution >= 4 is 0 Å². The summed E-state index contributed by atoms with van der Waals surface area (Å²) in [5, 5.41) is 3.76. The van der Waals surface area contributed by atoms with Crippen molar-refractivity contribution in [1.82, 2.24) is 10.3 Å². The first-order valence-electron chi connectivity index (χ1n) is 7.98. The lowest BCUT2D eigenvalue weighted by Crippen LogP contribution is -2.31. The van der Waals surface area contributed by atoms with Gasteiger partial charge in [-0.2, -0.15) is 0 Å². The summed E-state index contributed by atoms with van der Waals surface area (Å²) in [5.41, 5.74) is 1.42. The fourth-order valence-corrected chi connectivity index (χ4v) is 3.36. The lowest BCUT2D eigenvalue weighted by molar-refractivity contribution is 0.218. The van der Waals surface area contributed by atoms with Gasteiger partial charge in [-0.25, -0.2) is 0 Å². The van der Waals surface area contributed by atoms with E-state index in [1.54, 1.807) is 0 Å². The summed E-state index contributed by atoms with van der Waals surface area (Å²) in [4.78, 5) is 4.15. The van der Waals surface area contributed by atoms with Crippen LogP contribution in [0.3, 0.4) is 0 Å². The minimum absolute atomic E-state index is 0.528. The molecule has 106 valence electrons. The Morgan fingerprint density at radius 1 is 1.16 bits per heavy atom. The maximum atomic E-state index is 4.15. The molecule has 1 heterocycles. The average Bonchev–Trinajstić information content (AvgIpc) is 2.49. The first kappa shape index (κ1) is 14.5. The number of rotatable bonds is 6. The number of nitrogens with one attached hydrogen (secondary N) is 1. The highest BCUT2D eigenvalue weighted by atomic mass is 14.9. The van der Waals surface area contributed by atoms with E-state index >= 15 is 0 Å². The van der Waals surface area contributed by atoms with Crippen molar-refractivity contribution in [2.45, 2.75) is 58.4 Å². The van der Waals surface area contributed by atoms with Crippen LogP contribution >= 0.6 is 0 Å². The first-order valence-corrected chi connectivity index (χ1v) is 7.98. The zero-order chi connectivity index (χ0) is 13.5. The van der Waals surface area contributed by atoms with Gasteiger partial charge in [0.2, 0.25) is 0 Å². The van der Waals surface area contributed by atoms with Crippen molar-refractivity contribution in [1.29, 1.82) is 0 Å². The fourth-order valence-electron chi connectivity index (χ4n) is 3.36. The minimum atomic E-state index is 0.528. The molecule has 1 aliphatic rings. The Labute approximate surface area is 118 Å². The van der Waals surface area contributed by atoms with E-state index in [4.69, 9.17) is 0 Å². The van der Waals surface area contributed by atoms with Gasteiger partial charge in [0.15, 0.2) is 0 Å². The van der Waals surface area contributed by atoms with Gasteiger partial charge in [-0.05, 0) is 55.3 Å². The van der Waals surface area contributed by atoms with Gasteiger partial charge in [0.1, 0.15) is 0 Å². The summed E-state index contributed by atoms with van der Waals surface area (Å²) < 4.78 is 0. The van der Waals surface area contributed by atoms with Gasteiger partial charge in [-0.1, -0.05) is 33.1 Å². The number of pyridine rings is 1. The lowest BCUT2D eigenvalue weighted by Gasteiger charge is -2.34.